The molecule has 2 aromatic heterocycles. The van der Waals surface area contributed by atoms with Gasteiger partial charge in [0.1, 0.15) is 17.2 Å². The highest BCUT2D eigenvalue weighted by Crippen LogP contribution is 2.17. The molecule has 7 heteroatoms. The van der Waals surface area contributed by atoms with Crippen LogP contribution in [0.1, 0.15) is 40.9 Å². The molecule has 0 saturated carbocycles. The van der Waals surface area contributed by atoms with Crippen molar-refractivity contribution in [1.82, 2.24) is 10.4 Å². The van der Waals surface area contributed by atoms with Crippen LogP contribution in [0.2, 0.25) is 0 Å². The van der Waals surface area contributed by atoms with Crippen LogP contribution in [-0.2, 0) is 11.2 Å². The van der Waals surface area contributed by atoms with Crippen molar-refractivity contribution in [2.24, 2.45) is 5.10 Å². The zero-order valence-corrected chi connectivity index (χ0v) is 12.8. The number of carbonyl (C=O) groups excluding carboxylic acids is 2. The molecule has 0 saturated heterocycles. The van der Waals surface area contributed by atoms with Crippen molar-refractivity contribution >= 4 is 17.6 Å². The standard InChI is InChI=1S/C16H17N3O4/c1-10(18-19-16(22)14-5-3-4-8-17-14)13-9-12(23-11(13)2)6-7-15(20)21/h3-5,8-9H,6-7H2,1-2H3,(H,19,22)(H,20,21)/p-1/b18-10-. The topological polar surface area (TPSA) is 108 Å². The minimum Gasteiger partial charge on any atom is -0.550 e. The van der Waals surface area contributed by atoms with Crippen molar-refractivity contribution in [2.45, 2.75) is 26.7 Å². The Bertz CT molecular complexity index is 735. The van der Waals surface area contributed by atoms with Gasteiger partial charge >= 0.3 is 0 Å². The van der Waals surface area contributed by atoms with Gasteiger partial charge < -0.3 is 14.3 Å². The molecule has 0 spiro atoms. The van der Waals surface area contributed by atoms with Gasteiger partial charge in [0.05, 0.1) is 5.71 Å². The van der Waals surface area contributed by atoms with Crippen molar-refractivity contribution in [3.63, 3.8) is 0 Å². The molecular weight excluding hydrogens is 298 g/mol. The fourth-order valence-corrected chi connectivity index (χ4v) is 2.00. The van der Waals surface area contributed by atoms with Crippen LogP contribution in [0.3, 0.4) is 0 Å². The summed E-state index contributed by atoms with van der Waals surface area (Å²) in [5.74, 6) is -0.407. The molecule has 23 heavy (non-hydrogen) atoms. The number of carbonyl (C=O) groups is 2. The third kappa shape index (κ3) is 4.50. The van der Waals surface area contributed by atoms with Crippen molar-refractivity contribution in [3.8, 4) is 0 Å². The van der Waals surface area contributed by atoms with Crippen molar-refractivity contribution in [1.29, 1.82) is 0 Å². The molecule has 0 aliphatic carbocycles. The van der Waals surface area contributed by atoms with E-state index in [1.165, 1.54) is 6.20 Å². The lowest BCUT2D eigenvalue weighted by atomic mass is 10.1. The number of hydrazone groups is 1. The Morgan fingerprint density at radius 1 is 1.39 bits per heavy atom. The summed E-state index contributed by atoms with van der Waals surface area (Å²) in [5.41, 5.74) is 3.95. The number of aryl methyl sites for hydroxylation is 2. The predicted octanol–water partition coefficient (Wildman–Crippen LogP) is 0.820. The van der Waals surface area contributed by atoms with Crippen LogP contribution in [0.15, 0.2) is 40.0 Å². The van der Waals surface area contributed by atoms with Gasteiger partial charge in [-0.2, -0.15) is 5.10 Å². The second-order valence-corrected chi connectivity index (χ2v) is 4.91. The first-order valence-corrected chi connectivity index (χ1v) is 7.02. The molecule has 1 amide bonds. The predicted molar refractivity (Wildman–Crippen MR) is 80.7 cm³/mol. The highest BCUT2D eigenvalue weighted by molar-refractivity contribution is 6.01. The van der Waals surface area contributed by atoms with Gasteiger partial charge in [-0.25, -0.2) is 5.43 Å². The van der Waals surface area contributed by atoms with E-state index in [-0.39, 0.29) is 18.5 Å². The molecule has 0 aromatic carbocycles. The lowest BCUT2D eigenvalue weighted by Gasteiger charge is -2.01. The Hall–Kier alpha value is -2.96. The zero-order chi connectivity index (χ0) is 16.8. The summed E-state index contributed by atoms with van der Waals surface area (Å²) in [6.07, 6.45) is 1.66. The Morgan fingerprint density at radius 2 is 2.17 bits per heavy atom. The molecule has 0 bridgehead atoms. The molecule has 2 rings (SSSR count). The number of amides is 1. The summed E-state index contributed by atoms with van der Waals surface area (Å²) in [6, 6.07) is 6.72. The lowest BCUT2D eigenvalue weighted by molar-refractivity contribution is -0.305. The molecule has 120 valence electrons. The molecule has 0 aliphatic heterocycles. The quantitative estimate of drug-likeness (QED) is 0.627. The van der Waals surface area contributed by atoms with Gasteiger partial charge in [-0.3, -0.25) is 9.78 Å². The van der Waals surface area contributed by atoms with E-state index in [9.17, 15) is 14.7 Å². The summed E-state index contributed by atoms with van der Waals surface area (Å²) in [7, 11) is 0. The van der Waals surface area contributed by atoms with Crippen molar-refractivity contribution in [3.05, 3.63) is 53.2 Å². The number of rotatable bonds is 6. The number of carboxylic acids is 1. The summed E-state index contributed by atoms with van der Waals surface area (Å²) >= 11 is 0. The molecule has 0 atom stereocenters. The first-order chi connectivity index (χ1) is 11.0. The SMILES string of the molecule is C/C(=N/NC(=O)c1ccccn1)c1cc(CCC(=O)[O-])oc1C. The Morgan fingerprint density at radius 3 is 2.83 bits per heavy atom. The number of aromatic nitrogens is 1. The molecule has 0 fully saturated rings. The smallest absolute Gasteiger partial charge is 0.289 e. The highest BCUT2D eigenvalue weighted by atomic mass is 16.4. The Labute approximate surface area is 133 Å². The van der Waals surface area contributed by atoms with E-state index in [1.807, 2.05) is 0 Å². The van der Waals surface area contributed by atoms with E-state index < -0.39 is 11.9 Å². The van der Waals surface area contributed by atoms with E-state index >= 15 is 0 Å². The number of carboxylic acid groups (broad SMARTS) is 1. The molecule has 7 nitrogen and oxygen atoms in total. The average Bonchev–Trinajstić information content (AvgIpc) is 2.92. The minimum absolute atomic E-state index is 0.112. The number of hydrogen-bond donors (Lipinski definition) is 1. The van der Waals surface area contributed by atoms with Gasteiger partial charge in [-0.05, 0) is 38.5 Å². The summed E-state index contributed by atoms with van der Waals surface area (Å²) in [4.78, 5) is 26.3. The Balaban J connectivity index is 2.06. The van der Waals surface area contributed by atoms with Gasteiger partial charge in [-0.1, -0.05) is 6.07 Å². The van der Waals surface area contributed by atoms with Gasteiger partial charge in [0.15, 0.2) is 0 Å². The second-order valence-electron chi connectivity index (χ2n) is 4.91. The van der Waals surface area contributed by atoms with E-state index in [4.69, 9.17) is 4.42 Å². The maximum absolute atomic E-state index is 11.9. The van der Waals surface area contributed by atoms with Crippen LogP contribution < -0.4 is 10.5 Å². The molecule has 2 aromatic rings. The average molecular weight is 314 g/mol. The van der Waals surface area contributed by atoms with Gasteiger partial charge in [0.2, 0.25) is 0 Å². The van der Waals surface area contributed by atoms with Crippen LogP contribution in [0.5, 0.6) is 0 Å². The zero-order valence-electron chi connectivity index (χ0n) is 12.8. The largest absolute Gasteiger partial charge is 0.550 e. The van der Waals surface area contributed by atoms with Gasteiger partial charge in [-0.15, -0.1) is 0 Å². The number of hydrogen-bond acceptors (Lipinski definition) is 6. The highest BCUT2D eigenvalue weighted by Gasteiger charge is 2.11. The maximum Gasteiger partial charge on any atom is 0.289 e. The minimum atomic E-state index is -1.13. The third-order valence-corrected chi connectivity index (χ3v) is 3.16. The fourth-order valence-electron chi connectivity index (χ4n) is 2.00. The number of pyridine rings is 1. The van der Waals surface area contributed by atoms with Crippen LogP contribution in [0, 0.1) is 6.92 Å². The van der Waals surface area contributed by atoms with Gasteiger partial charge in [0.25, 0.3) is 5.91 Å². The maximum atomic E-state index is 11.9. The summed E-state index contributed by atoms with van der Waals surface area (Å²) in [5, 5.41) is 14.5. The first-order valence-electron chi connectivity index (χ1n) is 7.02. The van der Waals surface area contributed by atoms with Gasteiger partial charge in [0, 0.05) is 24.2 Å². The molecule has 1 N–H and O–H groups in total. The van der Waals surface area contributed by atoms with E-state index in [0.29, 0.717) is 22.8 Å². The molecule has 0 radical (unpaired) electrons. The van der Waals surface area contributed by atoms with Crippen molar-refractivity contribution < 1.29 is 19.1 Å². The second kappa shape index (κ2) is 7.35. The van der Waals surface area contributed by atoms with E-state index in [2.05, 4.69) is 15.5 Å². The van der Waals surface area contributed by atoms with Crippen LogP contribution in [-0.4, -0.2) is 22.6 Å². The molecule has 0 unspecified atom stereocenters. The summed E-state index contributed by atoms with van der Waals surface area (Å²) < 4.78 is 5.48. The fraction of sp³-hybridized carbons (Fsp3) is 0.250. The first kappa shape index (κ1) is 16.4. The van der Waals surface area contributed by atoms with Crippen LogP contribution in [0.4, 0.5) is 0 Å². The normalized spacial score (nSPS) is 11.3. The number of aliphatic carboxylic acids is 1. The molecular formula is C16H16N3O4-. The van der Waals surface area contributed by atoms with Crippen LogP contribution >= 0.6 is 0 Å². The molecule has 2 heterocycles. The lowest BCUT2D eigenvalue weighted by Crippen LogP contribution is -2.22. The number of nitrogens with one attached hydrogen (secondary N) is 1. The van der Waals surface area contributed by atoms with Crippen molar-refractivity contribution in [2.75, 3.05) is 0 Å². The van der Waals surface area contributed by atoms with E-state index in [0.717, 1.165) is 0 Å². The van der Waals surface area contributed by atoms with E-state index in [1.54, 1.807) is 38.1 Å². The summed E-state index contributed by atoms with van der Waals surface area (Å²) in [6.45, 7) is 3.47. The van der Waals surface area contributed by atoms with Crippen LogP contribution in [0.25, 0.3) is 0 Å². The third-order valence-electron chi connectivity index (χ3n) is 3.16. The number of furan rings is 1. The monoisotopic (exact) mass is 314 g/mol. The number of nitrogens with zero attached hydrogens (tertiary/aromatic N) is 2. The Kier molecular flexibility index (Phi) is 5.24. The molecule has 0 aliphatic rings.